The molecule has 1 saturated carbocycles. The van der Waals surface area contributed by atoms with Crippen LogP contribution in [0.15, 0.2) is 4.99 Å². The lowest BCUT2D eigenvalue weighted by Crippen LogP contribution is -2.27. The van der Waals surface area contributed by atoms with Crippen molar-refractivity contribution in [3.63, 3.8) is 0 Å². The third kappa shape index (κ3) is 0.825. The zero-order chi connectivity index (χ0) is 6.97. The molecule has 2 aliphatic rings. The molecule has 10 heavy (non-hydrogen) atoms. The van der Waals surface area contributed by atoms with Crippen LogP contribution in [0.25, 0.3) is 0 Å². The van der Waals surface area contributed by atoms with E-state index in [1.165, 1.54) is 25.7 Å². The average Bonchev–Trinajstić information content (AvgIpc) is 2.34. The zero-order valence-corrected chi connectivity index (χ0v) is 6.21. The highest BCUT2D eigenvalue weighted by atomic mass is 14.9. The second-order valence-corrected chi connectivity index (χ2v) is 3.42. The molecule has 2 N–H and O–H groups in total. The fourth-order valence-electron chi connectivity index (χ4n) is 2.16. The van der Waals surface area contributed by atoms with Crippen LogP contribution in [0.3, 0.4) is 0 Å². The van der Waals surface area contributed by atoms with Crippen molar-refractivity contribution in [2.45, 2.75) is 25.7 Å². The van der Waals surface area contributed by atoms with Crippen LogP contribution in [0.2, 0.25) is 0 Å². The van der Waals surface area contributed by atoms with E-state index in [-0.39, 0.29) is 0 Å². The number of nitrogens with two attached hydrogens (primary N) is 1. The number of fused-ring (bicyclic) bond motifs is 1. The fourth-order valence-corrected chi connectivity index (χ4v) is 2.16. The second kappa shape index (κ2) is 2.26. The van der Waals surface area contributed by atoms with Crippen molar-refractivity contribution in [3.8, 4) is 0 Å². The molecule has 1 aliphatic heterocycles. The summed E-state index contributed by atoms with van der Waals surface area (Å²) in [5.41, 5.74) is 5.74. The monoisotopic (exact) mass is 138 g/mol. The quantitative estimate of drug-likeness (QED) is 0.536. The van der Waals surface area contributed by atoms with Crippen LogP contribution in [0.5, 0.6) is 0 Å². The van der Waals surface area contributed by atoms with Gasteiger partial charge in [-0.3, -0.25) is 4.99 Å². The predicted octanol–water partition coefficient (Wildman–Crippen LogP) is 1.16. The van der Waals surface area contributed by atoms with Crippen molar-refractivity contribution in [2.24, 2.45) is 22.6 Å². The number of aliphatic imine (C=N–C) groups is 1. The molecule has 0 radical (unpaired) electrons. The van der Waals surface area contributed by atoms with Gasteiger partial charge in [-0.15, -0.1) is 0 Å². The molecule has 0 aromatic carbocycles. The van der Waals surface area contributed by atoms with Crippen molar-refractivity contribution in [1.82, 2.24) is 0 Å². The Hall–Kier alpha value is -0.530. The minimum absolute atomic E-state index is 0.661. The summed E-state index contributed by atoms with van der Waals surface area (Å²) in [6.07, 6.45) is 5.40. The summed E-state index contributed by atoms with van der Waals surface area (Å²) in [4.78, 5) is 4.28. The Kier molecular flexibility index (Phi) is 1.40. The van der Waals surface area contributed by atoms with Crippen LogP contribution in [-0.4, -0.2) is 12.4 Å². The lowest BCUT2D eigenvalue weighted by molar-refractivity contribution is 0.328. The third-order valence-corrected chi connectivity index (χ3v) is 2.80. The van der Waals surface area contributed by atoms with E-state index >= 15 is 0 Å². The van der Waals surface area contributed by atoms with Crippen LogP contribution in [-0.2, 0) is 0 Å². The number of rotatable bonds is 0. The molecule has 2 rings (SSSR count). The predicted molar refractivity (Wildman–Crippen MR) is 41.9 cm³/mol. The van der Waals surface area contributed by atoms with E-state index < -0.39 is 0 Å². The van der Waals surface area contributed by atoms with E-state index in [1.807, 2.05) is 0 Å². The maximum Gasteiger partial charge on any atom is 0.0972 e. The summed E-state index contributed by atoms with van der Waals surface area (Å²) in [7, 11) is 0. The first-order chi connectivity index (χ1) is 4.88. The second-order valence-electron chi connectivity index (χ2n) is 3.42. The molecular weight excluding hydrogens is 124 g/mol. The molecule has 0 spiro atoms. The van der Waals surface area contributed by atoms with E-state index in [9.17, 15) is 0 Å². The Labute approximate surface area is 61.5 Å². The Morgan fingerprint density at radius 1 is 1.30 bits per heavy atom. The van der Waals surface area contributed by atoms with E-state index in [4.69, 9.17) is 5.73 Å². The van der Waals surface area contributed by atoms with Gasteiger partial charge < -0.3 is 5.73 Å². The Bertz CT molecular complexity index is 163. The van der Waals surface area contributed by atoms with Gasteiger partial charge in [0.1, 0.15) is 0 Å². The topological polar surface area (TPSA) is 38.4 Å². The van der Waals surface area contributed by atoms with Gasteiger partial charge in [0.15, 0.2) is 0 Å². The summed E-state index contributed by atoms with van der Waals surface area (Å²) < 4.78 is 0. The lowest BCUT2D eigenvalue weighted by atomic mass is 9.81. The fraction of sp³-hybridized carbons (Fsp3) is 0.875. The summed E-state index contributed by atoms with van der Waals surface area (Å²) >= 11 is 0. The number of hydrogen-bond donors (Lipinski definition) is 1. The molecular formula is C8H14N2. The molecule has 2 heteroatoms. The van der Waals surface area contributed by atoms with E-state index in [0.29, 0.717) is 5.92 Å². The average molecular weight is 138 g/mol. The van der Waals surface area contributed by atoms with Gasteiger partial charge >= 0.3 is 0 Å². The first kappa shape index (κ1) is 6.20. The van der Waals surface area contributed by atoms with Crippen LogP contribution in [0, 0.1) is 11.8 Å². The van der Waals surface area contributed by atoms with Crippen molar-refractivity contribution >= 4 is 5.84 Å². The van der Waals surface area contributed by atoms with Gasteiger partial charge in [-0.1, -0.05) is 12.8 Å². The number of nitrogens with zero attached hydrogens (tertiary/aromatic N) is 1. The van der Waals surface area contributed by atoms with Gasteiger partial charge in [-0.25, -0.2) is 0 Å². The van der Waals surface area contributed by atoms with Crippen molar-refractivity contribution in [2.75, 3.05) is 6.54 Å². The minimum atomic E-state index is 0.661. The standard InChI is InChI=1S/C8H14N2/c9-8-7-4-2-1-3-6(7)5-10-8/h6-7H,1-5H2,(H2,9,10)/t6?,7-/m0/s1. The van der Waals surface area contributed by atoms with E-state index in [1.54, 1.807) is 0 Å². The number of hydrogen-bond acceptors (Lipinski definition) is 2. The van der Waals surface area contributed by atoms with Crippen LogP contribution >= 0.6 is 0 Å². The molecule has 1 fully saturated rings. The van der Waals surface area contributed by atoms with Gasteiger partial charge in [0, 0.05) is 12.5 Å². The van der Waals surface area contributed by atoms with Crippen LogP contribution < -0.4 is 5.73 Å². The molecule has 0 saturated heterocycles. The molecule has 2 atom stereocenters. The zero-order valence-electron chi connectivity index (χ0n) is 6.21. The Balaban J connectivity index is 2.08. The smallest absolute Gasteiger partial charge is 0.0972 e. The summed E-state index contributed by atoms with van der Waals surface area (Å²) in [5, 5.41) is 0. The number of amidine groups is 1. The van der Waals surface area contributed by atoms with Gasteiger partial charge in [0.2, 0.25) is 0 Å². The molecule has 0 bridgehead atoms. The van der Waals surface area contributed by atoms with Gasteiger partial charge in [0.05, 0.1) is 5.84 Å². The summed E-state index contributed by atoms with van der Waals surface area (Å²) in [6.45, 7) is 1.01. The van der Waals surface area contributed by atoms with Gasteiger partial charge in [0.25, 0.3) is 0 Å². The summed E-state index contributed by atoms with van der Waals surface area (Å²) in [5.74, 6) is 2.41. The van der Waals surface area contributed by atoms with Crippen LogP contribution in [0.1, 0.15) is 25.7 Å². The molecule has 2 nitrogen and oxygen atoms in total. The molecule has 0 aromatic rings. The minimum Gasteiger partial charge on any atom is -0.387 e. The molecule has 1 aliphatic carbocycles. The largest absolute Gasteiger partial charge is 0.387 e. The maximum atomic E-state index is 5.74. The van der Waals surface area contributed by atoms with Crippen molar-refractivity contribution < 1.29 is 0 Å². The third-order valence-electron chi connectivity index (χ3n) is 2.80. The van der Waals surface area contributed by atoms with Crippen LogP contribution in [0.4, 0.5) is 0 Å². The summed E-state index contributed by atoms with van der Waals surface area (Å²) in [6, 6.07) is 0. The van der Waals surface area contributed by atoms with Crippen molar-refractivity contribution in [1.29, 1.82) is 0 Å². The molecule has 56 valence electrons. The highest BCUT2D eigenvalue weighted by molar-refractivity contribution is 5.84. The highest BCUT2D eigenvalue weighted by Gasteiger charge is 2.31. The lowest BCUT2D eigenvalue weighted by Gasteiger charge is -2.24. The Morgan fingerprint density at radius 2 is 2.10 bits per heavy atom. The molecule has 1 unspecified atom stereocenters. The van der Waals surface area contributed by atoms with E-state index in [0.717, 1.165) is 18.3 Å². The van der Waals surface area contributed by atoms with Gasteiger partial charge in [-0.05, 0) is 18.8 Å². The van der Waals surface area contributed by atoms with E-state index in [2.05, 4.69) is 4.99 Å². The van der Waals surface area contributed by atoms with Gasteiger partial charge in [-0.2, -0.15) is 0 Å². The Morgan fingerprint density at radius 3 is 2.90 bits per heavy atom. The maximum absolute atomic E-state index is 5.74. The molecule has 0 amide bonds. The van der Waals surface area contributed by atoms with Crippen molar-refractivity contribution in [3.05, 3.63) is 0 Å². The molecule has 1 heterocycles. The SMILES string of the molecule is NC1=NCC2CCCC[C@H]12. The normalized spacial score (nSPS) is 39.0. The first-order valence-electron chi connectivity index (χ1n) is 4.18. The highest BCUT2D eigenvalue weighted by Crippen LogP contribution is 2.33. The molecule has 0 aromatic heterocycles. The first-order valence-corrected chi connectivity index (χ1v) is 4.18.